The van der Waals surface area contributed by atoms with E-state index in [4.69, 9.17) is 14.2 Å². The number of benzene rings is 1. The highest BCUT2D eigenvalue weighted by molar-refractivity contribution is 7.47. The number of phosphoric ester groups is 1. The number of aromatic hydroxyl groups is 1. The molecule has 1 unspecified atom stereocenters. The van der Waals surface area contributed by atoms with Gasteiger partial charge in [0, 0.05) is 11.1 Å². The van der Waals surface area contributed by atoms with E-state index in [1.54, 1.807) is 6.92 Å². The number of aryl methyl sites for hydroxylation is 1. The van der Waals surface area contributed by atoms with Crippen molar-refractivity contribution < 1.29 is 33.5 Å². The predicted molar refractivity (Wildman–Crippen MR) is 87.6 cm³/mol. The first-order valence-corrected chi connectivity index (χ1v) is 8.84. The van der Waals surface area contributed by atoms with E-state index in [1.165, 1.54) is 24.3 Å². The molecule has 1 atom stereocenters. The molecule has 136 valence electrons. The minimum atomic E-state index is -4.23. The topological polar surface area (TPSA) is 151 Å². The second-order valence-electron chi connectivity index (χ2n) is 5.39. The van der Waals surface area contributed by atoms with Crippen LogP contribution < -0.4 is 0 Å². The van der Waals surface area contributed by atoms with E-state index in [2.05, 4.69) is 15.2 Å². The van der Waals surface area contributed by atoms with Crippen LogP contribution >= 0.6 is 7.82 Å². The Morgan fingerprint density at radius 2 is 1.77 bits per heavy atom. The van der Waals surface area contributed by atoms with E-state index in [0.29, 0.717) is 5.69 Å². The number of hydrogen-bond acceptors (Lipinski definition) is 8. The molecule has 11 heteroatoms. The normalized spacial score (nSPS) is 19.9. The second-order valence-corrected chi connectivity index (χ2v) is 6.85. The first-order chi connectivity index (χ1) is 12.3. The third-order valence-corrected chi connectivity index (χ3v) is 4.57. The third-order valence-electron chi connectivity index (χ3n) is 3.65. The van der Waals surface area contributed by atoms with Gasteiger partial charge in [-0.3, -0.25) is 9.05 Å². The quantitative estimate of drug-likeness (QED) is 0.542. The van der Waals surface area contributed by atoms with Gasteiger partial charge in [0.1, 0.15) is 5.75 Å². The highest BCUT2D eigenvalue weighted by Gasteiger charge is 2.30. The maximum Gasteiger partial charge on any atom is 0.472 e. The summed E-state index contributed by atoms with van der Waals surface area (Å²) in [5.41, 5.74) is 1.28. The smallest absolute Gasteiger partial charge is 0.472 e. The largest absolute Gasteiger partial charge is 0.506 e. The Balaban J connectivity index is 1.97. The number of carboxylic acid groups (broad SMARTS) is 1. The average molecular weight is 379 g/mol. The van der Waals surface area contributed by atoms with Crippen LogP contribution in [0.15, 0.2) is 34.5 Å². The van der Waals surface area contributed by atoms with Crippen molar-refractivity contribution in [3.05, 3.63) is 46.6 Å². The van der Waals surface area contributed by atoms with Gasteiger partial charge in [-0.05, 0) is 31.2 Å². The number of carbonyl (C=O) groups is 1. The van der Waals surface area contributed by atoms with E-state index >= 15 is 0 Å². The number of aromatic carboxylic acids is 1. The highest BCUT2D eigenvalue weighted by atomic mass is 31.2. The molecule has 1 aromatic carbocycles. The SMILES string of the molecule is Cc1nc(N=Nc2ccc(C(=O)O)cc2)c2c(c1O)COP(=O)(O)OC2. The number of phosphoric acid groups is 1. The first-order valence-electron chi connectivity index (χ1n) is 7.35. The molecule has 0 bridgehead atoms. The summed E-state index contributed by atoms with van der Waals surface area (Å²) in [4.78, 5) is 24.4. The zero-order valence-corrected chi connectivity index (χ0v) is 14.4. The van der Waals surface area contributed by atoms with Crippen molar-refractivity contribution in [2.24, 2.45) is 10.2 Å². The Labute approximate surface area is 147 Å². The summed E-state index contributed by atoms with van der Waals surface area (Å²) in [6.07, 6.45) is 0. The van der Waals surface area contributed by atoms with Gasteiger partial charge in [-0.2, -0.15) is 0 Å². The summed E-state index contributed by atoms with van der Waals surface area (Å²) >= 11 is 0. The van der Waals surface area contributed by atoms with Gasteiger partial charge < -0.3 is 15.1 Å². The van der Waals surface area contributed by atoms with E-state index in [1.807, 2.05) is 0 Å². The molecule has 0 spiro atoms. The van der Waals surface area contributed by atoms with Crippen LogP contribution in [0.25, 0.3) is 0 Å². The molecule has 1 aliphatic heterocycles. The van der Waals surface area contributed by atoms with Crippen LogP contribution in [0.2, 0.25) is 0 Å². The van der Waals surface area contributed by atoms with Crippen molar-refractivity contribution in [1.82, 2.24) is 4.98 Å². The van der Waals surface area contributed by atoms with Crippen LogP contribution in [0.3, 0.4) is 0 Å². The first kappa shape index (κ1) is 18.2. The van der Waals surface area contributed by atoms with Crippen LogP contribution in [0.5, 0.6) is 5.75 Å². The molecule has 0 fully saturated rings. The number of fused-ring (bicyclic) bond motifs is 1. The summed E-state index contributed by atoms with van der Waals surface area (Å²) in [5.74, 6) is -1.13. The lowest BCUT2D eigenvalue weighted by Gasteiger charge is -2.10. The Morgan fingerprint density at radius 3 is 2.38 bits per heavy atom. The molecule has 0 aliphatic carbocycles. The second kappa shape index (κ2) is 6.93. The lowest BCUT2D eigenvalue weighted by Crippen LogP contribution is -1.98. The summed E-state index contributed by atoms with van der Waals surface area (Å²) in [6.45, 7) is 0.866. The Hall–Kier alpha value is -2.65. The number of carboxylic acids is 1. The molecule has 1 aliphatic rings. The Morgan fingerprint density at radius 1 is 1.15 bits per heavy atom. The van der Waals surface area contributed by atoms with Gasteiger partial charge in [0.15, 0.2) is 5.82 Å². The number of azo groups is 1. The minimum Gasteiger partial charge on any atom is -0.506 e. The number of rotatable bonds is 3. The predicted octanol–water partition coefficient (Wildman–Crippen LogP) is 3.36. The number of hydrogen-bond donors (Lipinski definition) is 3. The fourth-order valence-corrected chi connectivity index (χ4v) is 2.93. The van der Waals surface area contributed by atoms with Crippen molar-refractivity contribution >= 4 is 25.3 Å². The number of aromatic nitrogens is 1. The lowest BCUT2D eigenvalue weighted by molar-refractivity contribution is 0.0696. The zero-order chi connectivity index (χ0) is 18.9. The van der Waals surface area contributed by atoms with Crippen molar-refractivity contribution in [2.75, 3.05) is 0 Å². The van der Waals surface area contributed by atoms with Gasteiger partial charge in [0.05, 0.1) is 30.2 Å². The monoisotopic (exact) mass is 379 g/mol. The van der Waals surface area contributed by atoms with Crippen LogP contribution in [0.1, 0.15) is 27.2 Å². The van der Waals surface area contributed by atoms with Gasteiger partial charge in [0.25, 0.3) is 0 Å². The van der Waals surface area contributed by atoms with Crippen molar-refractivity contribution in [3.8, 4) is 5.75 Å². The van der Waals surface area contributed by atoms with Gasteiger partial charge in [0.2, 0.25) is 0 Å². The van der Waals surface area contributed by atoms with Gasteiger partial charge >= 0.3 is 13.8 Å². The fraction of sp³-hybridized carbons (Fsp3) is 0.200. The molecular formula is C15H14N3O7P. The standard InChI is InChI=1S/C15H14N3O7P/c1-8-13(19)11-6-24-26(22,23)25-7-12(11)14(16-8)18-17-10-4-2-9(3-5-10)15(20)21/h2-5,19H,6-7H2,1H3,(H,20,21)(H,22,23). The van der Waals surface area contributed by atoms with Crippen LogP contribution in [-0.2, 0) is 26.8 Å². The molecule has 0 saturated heterocycles. The molecule has 2 heterocycles. The molecule has 0 amide bonds. The molecule has 0 saturated carbocycles. The number of nitrogens with zero attached hydrogens (tertiary/aromatic N) is 3. The highest BCUT2D eigenvalue weighted by Crippen LogP contribution is 2.49. The lowest BCUT2D eigenvalue weighted by atomic mass is 10.1. The van der Waals surface area contributed by atoms with Crippen LogP contribution in [0.4, 0.5) is 11.5 Å². The summed E-state index contributed by atoms with van der Waals surface area (Å²) in [6, 6.07) is 5.71. The van der Waals surface area contributed by atoms with E-state index < -0.39 is 13.8 Å². The summed E-state index contributed by atoms with van der Waals surface area (Å²) in [5, 5.41) is 27.0. The van der Waals surface area contributed by atoms with E-state index in [9.17, 15) is 19.4 Å². The Kier molecular flexibility index (Phi) is 4.84. The molecule has 2 aromatic rings. The molecule has 10 nitrogen and oxygen atoms in total. The van der Waals surface area contributed by atoms with Gasteiger partial charge in [-0.15, -0.1) is 10.2 Å². The van der Waals surface area contributed by atoms with Crippen molar-refractivity contribution in [3.63, 3.8) is 0 Å². The maximum absolute atomic E-state index is 11.6. The summed E-state index contributed by atoms with van der Waals surface area (Å²) in [7, 11) is -4.23. The molecule has 0 radical (unpaired) electrons. The van der Waals surface area contributed by atoms with Crippen LogP contribution in [0, 0.1) is 6.92 Å². The molecule has 3 rings (SSSR count). The fourth-order valence-electron chi connectivity index (χ4n) is 2.27. The van der Waals surface area contributed by atoms with Crippen molar-refractivity contribution in [1.29, 1.82) is 0 Å². The molecule has 26 heavy (non-hydrogen) atoms. The number of pyridine rings is 1. The molecule has 3 N–H and O–H groups in total. The van der Waals surface area contributed by atoms with E-state index in [-0.39, 0.29) is 47.2 Å². The van der Waals surface area contributed by atoms with Gasteiger partial charge in [-0.25, -0.2) is 14.3 Å². The average Bonchev–Trinajstić information content (AvgIpc) is 2.76. The zero-order valence-electron chi connectivity index (χ0n) is 13.5. The van der Waals surface area contributed by atoms with Crippen LogP contribution in [-0.4, -0.2) is 26.1 Å². The van der Waals surface area contributed by atoms with E-state index in [0.717, 1.165) is 0 Å². The summed E-state index contributed by atoms with van der Waals surface area (Å²) < 4.78 is 21.2. The minimum absolute atomic E-state index is 0.100. The maximum atomic E-state index is 11.6. The van der Waals surface area contributed by atoms with Gasteiger partial charge in [-0.1, -0.05) is 0 Å². The molecular weight excluding hydrogens is 365 g/mol. The molecule has 1 aromatic heterocycles. The third kappa shape index (κ3) is 3.78. The Bertz CT molecular complexity index is 943. The van der Waals surface area contributed by atoms with Crippen molar-refractivity contribution in [2.45, 2.75) is 20.1 Å².